The summed E-state index contributed by atoms with van der Waals surface area (Å²) in [5.74, 6) is 0.296. The van der Waals surface area contributed by atoms with Gasteiger partial charge in [0, 0.05) is 17.8 Å². The Labute approximate surface area is 114 Å². The summed E-state index contributed by atoms with van der Waals surface area (Å²) < 4.78 is 0. The Morgan fingerprint density at radius 2 is 2.05 bits per heavy atom. The minimum Gasteiger partial charge on any atom is -0.409 e. The predicted octanol–water partition coefficient (Wildman–Crippen LogP) is 1.77. The molecule has 0 aliphatic rings. The molecule has 0 saturated carbocycles. The van der Waals surface area contributed by atoms with Crippen LogP contribution in [0.5, 0.6) is 0 Å². The van der Waals surface area contributed by atoms with Crippen LogP contribution in [-0.4, -0.2) is 29.1 Å². The first-order valence-corrected chi connectivity index (χ1v) is 6.64. The van der Waals surface area contributed by atoms with E-state index in [4.69, 9.17) is 10.9 Å². The summed E-state index contributed by atoms with van der Waals surface area (Å²) in [6.45, 7) is 5.86. The van der Waals surface area contributed by atoms with Crippen molar-refractivity contribution >= 4 is 5.84 Å². The smallest absolute Gasteiger partial charge is 0.144 e. The second-order valence-electron chi connectivity index (χ2n) is 5.33. The van der Waals surface area contributed by atoms with Crippen molar-refractivity contribution in [2.75, 3.05) is 13.1 Å². The molecule has 0 amide bonds. The molecule has 0 radical (unpaired) electrons. The number of nitrogens with one attached hydrogen (secondary N) is 1. The van der Waals surface area contributed by atoms with Crippen LogP contribution in [0.1, 0.15) is 32.3 Å². The van der Waals surface area contributed by atoms with Crippen molar-refractivity contribution in [1.82, 2.24) is 10.3 Å². The number of pyridine rings is 1. The van der Waals surface area contributed by atoms with Gasteiger partial charge in [-0.1, -0.05) is 19.0 Å². The van der Waals surface area contributed by atoms with E-state index in [0.717, 1.165) is 32.4 Å². The topological polar surface area (TPSA) is 83.5 Å². The number of aromatic nitrogens is 1. The van der Waals surface area contributed by atoms with E-state index in [9.17, 15) is 0 Å². The molecule has 4 N–H and O–H groups in total. The van der Waals surface area contributed by atoms with Crippen molar-refractivity contribution < 1.29 is 5.21 Å². The molecule has 1 heterocycles. The first kappa shape index (κ1) is 15.4. The van der Waals surface area contributed by atoms with Gasteiger partial charge in [0.2, 0.25) is 0 Å². The van der Waals surface area contributed by atoms with Gasteiger partial charge in [-0.25, -0.2) is 0 Å². The molecule has 1 aromatic rings. The lowest BCUT2D eigenvalue weighted by Crippen LogP contribution is -2.32. The van der Waals surface area contributed by atoms with Gasteiger partial charge in [0.1, 0.15) is 5.84 Å². The zero-order valence-electron chi connectivity index (χ0n) is 11.8. The van der Waals surface area contributed by atoms with Gasteiger partial charge >= 0.3 is 0 Å². The maximum absolute atomic E-state index is 8.68. The van der Waals surface area contributed by atoms with Crippen LogP contribution >= 0.6 is 0 Å². The maximum Gasteiger partial charge on any atom is 0.144 e. The molecule has 19 heavy (non-hydrogen) atoms. The van der Waals surface area contributed by atoms with Crippen LogP contribution in [0.25, 0.3) is 0 Å². The Bertz CT molecular complexity index is 390. The van der Waals surface area contributed by atoms with E-state index in [0.29, 0.717) is 5.84 Å². The van der Waals surface area contributed by atoms with Gasteiger partial charge < -0.3 is 16.3 Å². The van der Waals surface area contributed by atoms with Gasteiger partial charge in [-0.2, -0.15) is 0 Å². The third-order valence-electron chi connectivity index (χ3n) is 3.30. The van der Waals surface area contributed by atoms with Crippen molar-refractivity contribution in [2.45, 2.75) is 33.1 Å². The summed E-state index contributed by atoms with van der Waals surface area (Å²) in [6.07, 6.45) is 6.53. The summed E-state index contributed by atoms with van der Waals surface area (Å²) in [5.41, 5.74) is 6.68. The standard InChI is InChI=1S/C14H24N4O/c1-14(2,13(15)18-19)7-3-8-16-9-4-12-5-10-17-11-6-12/h5-6,10-11,16,19H,3-4,7-9H2,1-2H3,(H2,15,18). The van der Waals surface area contributed by atoms with E-state index in [2.05, 4.69) is 15.5 Å². The molecule has 0 fully saturated rings. The van der Waals surface area contributed by atoms with Crippen LogP contribution in [0.3, 0.4) is 0 Å². The average Bonchev–Trinajstić information content (AvgIpc) is 2.42. The highest BCUT2D eigenvalue weighted by atomic mass is 16.4. The van der Waals surface area contributed by atoms with Crippen molar-refractivity contribution in [3.63, 3.8) is 0 Å². The van der Waals surface area contributed by atoms with Crippen molar-refractivity contribution in [2.24, 2.45) is 16.3 Å². The number of amidine groups is 1. The summed E-state index contributed by atoms with van der Waals surface area (Å²) in [6, 6.07) is 4.06. The minimum atomic E-state index is -0.248. The SMILES string of the molecule is CC(C)(CCCNCCc1ccncc1)C(N)=NO. The molecule has 0 atom stereocenters. The van der Waals surface area contributed by atoms with Gasteiger partial charge in [0.05, 0.1) is 0 Å². The van der Waals surface area contributed by atoms with Gasteiger partial charge in [0.25, 0.3) is 0 Å². The van der Waals surface area contributed by atoms with Crippen LogP contribution in [0, 0.1) is 5.41 Å². The molecule has 0 bridgehead atoms. The lowest BCUT2D eigenvalue weighted by molar-refractivity contribution is 0.304. The fourth-order valence-electron chi connectivity index (χ4n) is 1.83. The molecule has 5 nitrogen and oxygen atoms in total. The highest BCUT2D eigenvalue weighted by Gasteiger charge is 2.22. The van der Waals surface area contributed by atoms with E-state index in [1.54, 1.807) is 0 Å². The van der Waals surface area contributed by atoms with E-state index in [1.807, 2.05) is 38.4 Å². The third kappa shape index (κ3) is 5.70. The molecule has 0 aromatic carbocycles. The maximum atomic E-state index is 8.68. The fraction of sp³-hybridized carbons (Fsp3) is 0.571. The summed E-state index contributed by atoms with van der Waals surface area (Å²) in [5, 5.41) is 15.2. The zero-order chi connectivity index (χ0) is 14.1. The normalized spacial score (nSPS) is 12.6. The van der Waals surface area contributed by atoms with Crippen LogP contribution in [-0.2, 0) is 6.42 Å². The Balaban J connectivity index is 2.12. The van der Waals surface area contributed by atoms with Gasteiger partial charge in [-0.3, -0.25) is 4.98 Å². The number of nitrogens with two attached hydrogens (primary N) is 1. The molecule has 1 aromatic heterocycles. The predicted molar refractivity (Wildman–Crippen MR) is 77.2 cm³/mol. The molecule has 1 rings (SSSR count). The molecule has 106 valence electrons. The zero-order valence-corrected chi connectivity index (χ0v) is 11.8. The lowest BCUT2D eigenvalue weighted by Gasteiger charge is -2.22. The largest absolute Gasteiger partial charge is 0.409 e. The van der Waals surface area contributed by atoms with E-state index < -0.39 is 0 Å². The first-order chi connectivity index (χ1) is 9.06. The van der Waals surface area contributed by atoms with Gasteiger partial charge in [-0.05, 0) is 50.0 Å². The van der Waals surface area contributed by atoms with Crippen LogP contribution in [0.15, 0.2) is 29.7 Å². The van der Waals surface area contributed by atoms with Crippen molar-refractivity contribution in [1.29, 1.82) is 0 Å². The average molecular weight is 264 g/mol. The lowest BCUT2D eigenvalue weighted by atomic mass is 9.86. The Hall–Kier alpha value is -1.62. The molecule has 0 saturated heterocycles. The number of nitrogens with zero attached hydrogens (tertiary/aromatic N) is 2. The molecule has 0 unspecified atom stereocenters. The highest BCUT2D eigenvalue weighted by Crippen LogP contribution is 2.21. The van der Waals surface area contributed by atoms with Gasteiger partial charge in [-0.15, -0.1) is 0 Å². The molecule has 5 heteroatoms. The summed E-state index contributed by atoms with van der Waals surface area (Å²) in [4.78, 5) is 3.99. The van der Waals surface area contributed by atoms with Crippen LogP contribution in [0.2, 0.25) is 0 Å². The second kappa shape index (κ2) is 7.74. The molecular weight excluding hydrogens is 240 g/mol. The third-order valence-corrected chi connectivity index (χ3v) is 3.30. The molecular formula is C14H24N4O. The van der Waals surface area contributed by atoms with E-state index in [1.165, 1.54) is 5.56 Å². The number of hydrogen-bond donors (Lipinski definition) is 3. The monoisotopic (exact) mass is 264 g/mol. The number of hydrogen-bond acceptors (Lipinski definition) is 4. The van der Waals surface area contributed by atoms with E-state index in [-0.39, 0.29) is 5.41 Å². The van der Waals surface area contributed by atoms with E-state index >= 15 is 0 Å². The summed E-state index contributed by atoms with van der Waals surface area (Å²) >= 11 is 0. The Morgan fingerprint density at radius 3 is 2.68 bits per heavy atom. The Kier molecular flexibility index (Phi) is 6.29. The number of rotatable bonds is 8. The fourth-order valence-corrected chi connectivity index (χ4v) is 1.83. The minimum absolute atomic E-state index is 0.248. The molecule has 0 spiro atoms. The van der Waals surface area contributed by atoms with Crippen LogP contribution in [0.4, 0.5) is 0 Å². The molecule has 0 aliphatic carbocycles. The number of oxime groups is 1. The van der Waals surface area contributed by atoms with Crippen LogP contribution < -0.4 is 11.1 Å². The van der Waals surface area contributed by atoms with Crippen molar-refractivity contribution in [3.8, 4) is 0 Å². The quantitative estimate of drug-likeness (QED) is 0.220. The molecule has 0 aliphatic heterocycles. The first-order valence-electron chi connectivity index (χ1n) is 6.64. The highest BCUT2D eigenvalue weighted by molar-refractivity contribution is 5.85. The second-order valence-corrected chi connectivity index (χ2v) is 5.33. The Morgan fingerprint density at radius 1 is 1.37 bits per heavy atom. The van der Waals surface area contributed by atoms with Gasteiger partial charge in [0.15, 0.2) is 0 Å². The van der Waals surface area contributed by atoms with Crippen molar-refractivity contribution in [3.05, 3.63) is 30.1 Å². The summed E-state index contributed by atoms with van der Waals surface area (Å²) in [7, 11) is 0.